The number of fused-ring (bicyclic) bond motifs is 7. The average molecular weight is 746 g/mol. The molecule has 1 aliphatic carbocycles. The lowest BCUT2D eigenvalue weighted by Gasteiger charge is -2.28. The predicted octanol–water partition coefficient (Wildman–Crippen LogP) is 16.0. The summed E-state index contributed by atoms with van der Waals surface area (Å²) in [7, 11) is 0. The molecule has 0 radical (unpaired) electrons. The van der Waals surface area contributed by atoms with Crippen LogP contribution in [-0.4, -0.2) is 0 Å². The van der Waals surface area contributed by atoms with Crippen molar-refractivity contribution >= 4 is 59.3 Å². The molecule has 0 unspecified atom stereocenters. The van der Waals surface area contributed by atoms with Gasteiger partial charge in [0.15, 0.2) is 0 Å². The standard InChI is InChI=1S/C55H39NS/c1-55(2)50-19-8-5-15-46(50)49-18-11-17-45(54(49)55)38-26-31-43(32-27-38)56(42-29-24-37(25-30-42)40-23-22-36-12-3-4-13-39(36)34-40)51-20-9-6-14-44(51)41-28-33-48-47-16-7-10-21-52(47)57-53(48)35-41/h3-35H,1-2H3. The predicted molar refractivity (Wildman–Crippen MR) is 245 cm³/mol. The van der Waals surface area contributed by atoms with Crippen molar-refractivity contribution < 1.29 is 0 Å². The molecule has 1 aromatic heterocycles. The average Bonchev–Trinajstić information content (AvgIpc) is 3.75. The van der Waals surface area contributed by atoms with Crippen LogP contribution < -0.4 is 4.90 Å². The molecule has 0 aliphatic heterocycles. The maximum absolute atomic E-state index is 2.42. The summed E-state index contributed by atoms with van der Waals surface area (Å²) in [5, 5.41) is 5.14. The molecule has 0 saturated heterocycles. The zero-order valence-corrected chi connectivity index (χ0v) is 32.7. The molecule has 0 atom stereocenters. The Kier molecular flexibility index (Phi) is 7.77. The SMILES string of the molecule is CC1(C)c2ccccc2-c2cccc(-c3ccc(N(c4ccc(-c5ccc6ccccc6c5)cc4)c4ccccc4-c4ccc5c(c4)sc4ccccc45)cc3)c21. The number of rotatable bonds is 6. The second-order valence-electron chi connectivity index (χ2n) is 15.7. The first-order valence-electron chi connectivity index (χ1n) is 19.8. The lowest BCUT2D eigenvalue weighted by molar-refractivity contribution is 0.662. The van der Waals surface area contributed by atoms with Crippen LogP contribution in [-0.2, 0) is 5.41 Å². The largest absolute Gasteiger partial charge is 0.310 e. The van der Waals surface area contributed by atoms with Crippen LogP contribution in [0.3, 0.4) is 0 Å². The molecular formula is C55H39NS. The highest BCUT2D eigenvalue weighted by Crippen LogP contribution is 2.52. The Bertz CT molecular complexity index is 3150. The molecule has 1 nitrogen and oxygen atoms in total. The number of hydrogen-bond donors (Lipinski definition) is 0. The van der Waals surface area contributed by atoms with Crippen LogP contribution >= 0.6 is 11.3 Å². The van der Waals surface area contributed by atoms with Crippen molar-refractivity contribution in [3.8, 4) is 44.5 Å². The summed E-state index contributed by atoms with van der Waals surface area (Å²) < 4.78 is 2.63. The van der Waals surface area contributed by atoms with E-state index in [9.17, 15) is 0 Å². The van der Waals surface area contributed by atoms with Crippen molar-refractivity contribution in [2.24, 2.45) is 0 Å². The van der Waals surface area contributed by atoms with Gasteiger partial charge in [-0.25, -0.2) is 0 Å². The number of para-hydroxylation sites is 1. The quantitative estimate of drug-likeness (QED) is 0.164. The number of nitrogens with zero attached hydrogens (tertiary/aromatic N) is 1. The molecule has 57 heavy (non-hydrogen) atoms. The first-order valence-corrected chi connectivity index (χ1v) is 20.6. The third-order valence-corrected chi connectivity index (χ3v) is 13.2. The van der Waals surface area contributed by atoms with Crippen LogP contribution in [0.1, 0.15) is 25.0 Å². The minimum Gasteiger partial charge on any atom is -0.310 e. The highest BCUT2D eigenvalue weighted by atomic mass is 32.1. The number of anilines is 3. The van der Waals surface area contributed by atoms with E-state index in [0.29, 0.717) is 0 Å². The summed E-state index contributed by atoms with van der Waals surface area (Å²) in [6.45, 7) is 4.73. The van der Waals surface area contributed by atoms with E-state index in [1.54, 1.807) is 0 Å². The summed E-state index contributed by atoms with van der Waals surface area (Å²) >= 11 is 1.87. The van der Waals surface area contributed by atoms with Crippen molar-refractivity contribution in [3.05, 3.63) is 211 Å². The summed E-state index contributed by atoms with van der Waals surface area (Å²) in [5.74, 6) is 0. The van der Waals surface area contributed by atoms with Crippen molar-refractivity contribution in [2.75, 3.05) is 4.90 Å². The van der Waals surface area contributed by atoms with E-state index in [0.717, 1.165) is 17.1 Å². The fourth-order valence-electron chi connectivity index (χ4n) is 9.28. The molecule has 0 N–H and O–H groups in total. The van der Waals surface area contributed by atoms with Crippen molar-refractivity contribution in [3.63, 3.8) is 0 Å². The van der Waals surface area contributed by atoms with Gasteiger partial charge in [0.25, 0.3) is 0 Å². The van der Waals surface area contributed by atoms with Gasteiger partial charge >= 0.3 is 0 Å². The highest BCUT2D eigenvalue weighted by Gasteiger charge is 2.37. The van der Waals surface area contributed by atoms with Gasteiger partial charge < -0.3 is 4.90 Å². The normalized spacial score (nSPS) is 12.9. The van der Waals surface area contributed by atoms with Gasteiger partial charge in [0.1, 0.15) is 0 Å². The van der Waals surface area contributed by atoms with Crippen LogP contribution in [0.15, 0.2) is 200 Å². The van der Waals surface area contributed by atoms with Gasteiger partial charge in [-0.15, -0.1) is 11.3 Å². The van der Waals surface area contributed by atoms with E-state index < -0.39 is 0 Å². The van der Waals surface area contributed by atoms with Gasteiger partial charge in [0.05, 0.1) is 5.69 Å². The van der Waals surface area contributed by atoms with Gasteiger partial charge in [-0.3, -0.25) is 0 Å². The highest BCUT2D eigenvalue weighted by molar-refractivity contribution is 7.25. The van der Waals surface area contributed by atoms with E-state index in [4.69, 9.17) is 0 Å². The molecule has 0 saturated carbocycles. The molecular weight excluding hydrogens is 707 g/mol. The molecule has 0 spiro atoms. The number of hydrogen-bond acceptors (Lipinski definition) is 2. The number of benzene rings is 9. The minimum atomic E-state index is -0.0888. The van der Waals surface area contributed by atoms with Gasteiger partial charge in [0, 0.05) is 42.5 Å². The first kappa shape index (κ1) is 33.6. The monoisotopic (exact) mass is 745 g/mol. The maximum Gasteiger partial charge on any atom is 0.0540 e. The Morgan fingerprint density at radius 3 is 1.81 bits per heavy atom. The van der Waals surface area contributed by atoms with Crippen molar-refractivity contribution in [1.82, 2.24) is 0 Å². The molecule has 270 valence electrons. The Labute approximate surface area is 337 Å². The van der Waals surface area contributed by atoms with Gasteiger partial charge in [-0.05, 0) is 109 Å². The zero-order chi connectivity index (χ0) is 38.1. The zero-order valence-electron chi connectivity index (χ0n) is 31.9. The van der Waals surface area contributed by atoms with Crippen LogP contribution in [0, 0.1) is 0 Å². The summed E-state index contributed by atoms with van der Waals surface area (Å²) in [6.07, 6.45) is 0. The van der Waals surface area contributed by atoms with E-state index in [1.165, 1.54) is 86.6 Å². The smallest absolute Gasteiger partial charge is 0.0540 e. The molecule has 0 fully saturated rings. The van der Waals surface area contributed by atoms with Gasteiger partial charge in [-0.1, -0.05) is 166 Å². The lowest BCUT2D eigenvalue weighted by atomic mass is 9.79. The molecule has 10 aromatic rings. The van der Waals surface area contributed by atoms with Gasteiger partial charge in [-0.2, -0.15) is 0 Å². The molecule has 1 aliphatic rings. The van der Waals surface area contributed by atoms with E-state index in [-0.39, 0.29) is 5.41 Å². The molecule has 9 aromatic carbocycles. The summed E-state index contributed by atoms with van der Waals surface area (Å²) in [5.41, 5.74) is 16.1. The maximum atomic E-state index is 2.42. The van der Waals surface area contributed by atoms with Crippen molar-refractivity contribution in [1.29, 1.82) is 0 Å². The fraction of sp³-hybridized carbons (Fsp3) is 0.0545. The van der Waals surface area contributed by atoms with Crippen LogP contribution in [0.5, 0.6) is 0 Å². The van der Waals surface area contributed by atoms with Crippen LogP contribution in [0.2, 0.25) is 0 Å². The van der Waals surface area contributed by atoms with Crippen LogP contribution in [0.4, 0.5) is 17.1 Å². The van der Waals surface area contributed by atoms with E-state index in [1.807, 2.05) is 11.3 Å². The number of thiophene rings is 1. The van der Waals surface area contributed by atoms with E-state index in [2.05, 4.69) is 219 Å². The Morgan fingerprint density at radius 2 is 0.982 bits per heavy atom. The Hall–Kier alpha value is -6.74. The molecule has 0 amide bonds. The Balaban J connectivity index is 1.04. The summed E-state index contributed by atoms with van der Waals surface area (Å²) in [4.78, 5) is 2.42. The second-order valence-corrected chi connectivity index (χ2v) is 16.8. The van der Waals surface area contributed by atoms with Crippen molar-refractivity contribution in [2.45, 2.75) is 19.3 Å². The molecule has 11 rings (SSSR count). The fourth-order valence-corrected chi connectivity index (χ4v) is 10.4. The molecule has 0 bridgehead atoms. The van der Waals surface area contributed by atoms with E-state index >= 15 is 0 Å². The summed E-state index contributed by atoms with van der Waals surface area (Å²) in [6, 6.07) is 73.8. The third-order valence-electron chi connectivity index (χ3n) is 12.1. The van der Waals surface area contributed by atoms with Gasteiger partial charge in [0.2, 0.25) is 0 Å². The minimum absolute atomic E-state index is 0.0888. The lowest BCUT2D eigenvalue weighted by Crippen LogP contribution is -2.16. The third kappa shape index (κ3) is 5.51. The van der Waals surface area contributed by atoms with Crippen LogP contribution in [0.25, 0.3) is 75.5 Å². The first-order chi connectivity index (χ1) is 28.0. The molecule has 1 heterocycles. The second kappa shape index (κ2) is 13.2. The molecule has 2 heteroatoms. The topological polar surface area (TPSA) is 3.24 Å². The Morgan fingerprint density at radius 1 is 0.386 bits per heavy atom.